The number of hydrogen-bond acceptors (Lipinski definition) is 9. The molecule has 4 aliphatic heterocycles. The van der Waals surface area contributed by atoms with Gasteiger partial charge in [0.1, 0.15) is 23.1 Å². The first-order valence-corrected chi connectivity index (χ1v) is 17.9. The van der Waals surface area contributed by atoms with Gasteiger partial charge >= 0.3 is 11.8 Å². The van der Waals surface area contributed by atoms with Gasteiger partial charge in [-0.3, -0.25) is 14.4 Å². The quantitative estimate of drug-likeness (QED) is 0.361. The summed E-state index contributed by atoms with van der Waals surface area (Å²) in [5.74, 6) is -0.349. The summed E-state index contributed by atoms with van der Waals surface area (Å²) in [6.07, 6.45) is -0.381. The summed E-state index contributed by atoms with van der Waals surface area (Å²) >= 11 is 8.52. The Kier molecular flexibility index (Phi) is 9.12. The van der Waals surface area contributed by atoms with E-state index in [0.29, 0.717) is 70.2 Å². The number of hydrogen-bond donors (Lipinski definition) is 0. The maximum absolute atomic E-state index is 15.3. The number of thioether (sulfide) groups is 1. The maximum atomic E-state index is 15.3. The van der Waals surface area contributed by atoms with E-state index in [1.807, 2.05) is 32.6 Å². The molecular formula is C34H41ClF2N6O4S. The Hall–Kier alpha value is -2.97. The Morgan fingerprint density at radius 2 is 1.85 bits per heavy atom. The van der Waals surface area contributed by atoms with Crippen molar-refractivity contribution < 1.29 is 23.0 Å². The minimum Gasteiger partial charge on any atom is -0.444 e. The molecule has 3 aromatic rings. The lowest BCUT2D eigenvalue weighted by molar-refractivity contribution is -0.0773. The maximum Gasteiger partial charge on any atom is 0.410 e. The molecule has 0 saturated carbocycles. The highest BCUT2D eigenvalue weighted by atomic mass is 35.5. The van der Waals surface area contributed by atoms with E-state index in [1.165, 1.54) is 12.1 Å². The van der Waals surface area contributed by atoms with E-state index in [9.17, 15) is 14.0 Å². The highest BCUT2D eigenvalue weighted by molar-refractivity contribution is 7.99. The molecule has 1 aromatic heterocycles. The minimum absolute atomic E-state index is 0.175. The van der Waals surface area contributed by atoms with E-state index in [-0.39, 0.29) is 29.4 Å². The van der Waals surface area contributed by atoms with Gasteiger partial charge in [0, 0.05) is 91.6 Å². The van der Waals surface area contributed by atoms with E-state index in [0.717, 1.165) is 45.5 Å². The minimum atomic E-state index is -0.722. The number of carbonyl (C=O) groups excluding carboxylic acids is 1. The third kappa shape index (κ3) is 6.39. The van der Waals surface area contributed by atoms with Crippen LogP contribution >= 0.6 is 23.4 Å². The lowest BCUT2D eigenvalue weighted by Crippen LogP contribution is -2.57. The summed E-state index contributed by atoms with van der Waals surface area (Å²) in [4.78, 5) is 41.0. The van der Waals surface area contributed by atoms with Gasteiger partial charge in [-0.25, -0.2) is 18.4 Å². The summed E-state index contributed by atoms with van der Waals surface area (Å²) in [7, 11) is 0. The number of halogens is 3. The zero-order chi connectivity index (χ0) is 33.9. The van der Waals surface area contributed by atoms with Gasteiger partial charge in [0.25, 0.3) is 0 Å². The van der Waals surface area contributed by atoms with Crippen molar-refractivity contribution in [3.05, 3.63) is 51.4 Å². The van der Waals surface area contributed by atoms with Crippen LogP contribution in [0, 0.1) is 11.6 Å². The van der Waals surface area contributed by atoms with Crippen molar-refractivity contribution in [3.63, 3.8) is 0 Å². The van der Waals surface area contributed by atoms with Crippen molar-refractivity contribution in [2.45, 2.75) is 56.3 Å². The van der Waals surface area contributed by atoms with E-state index in [2.05, 4.69) is 14.8 Å². The van der Waals surface area contributed by atoms with Gasteiger partial charge in [0.2, 0.25) is 0 Å². The Morgan fingerprint density at radius 1 is 1.10 bits per heavy atom. The van der Waals surface area contributed by atoms with Gasteiger partial charge in [-0.1, -0.05) is 11.6 Å². The fourth-order valence-corrected chi connectivity index (χ4v) is 8.85. The van der Waals surface area contributed by atoms with Crippen molar-refractivity contribution in [3.8, 4) is 11.1 Å². The molecule has 3 fully saturated rings. The monoisotopic (exact) mass is 702 g/mol. The Labute approximate surface area is 287 Å². The van der Waals surface area contributed by atoms with Gasteiger partial charge in [-0.15, -0.1) is 11.8 Å². The molecule has 7 rings (SSSR count). The zero-order valence-corrected chi connectivity index (χ0v) is 29.3. The SMILES string of the molecule is C[C@H]1CN(C(=O)OC(C)(C)C)CCN1c1nc(=O)n2c3c(c(-c4ccc(F)cc4F)c(Cl)cc13)SC[C@@H]2CN1CCN(C2COC2)CC1. The largest absolute Gasteiger partial charge is 0.444 e. The van der Waals surface area contributed by atoms with Gasteiger partial charge < -0.3 is 19.3 Å². The number of nitrogens with zero attached hydrogens (tertiary/aromatic N) is 6. The summed E-state index contributed by atoms with van der Waals surface area (Å²) in [6.45, 7) is 14.6. The third-order valence-electron chi connectivity index (χ3n) is 9.65. The molecule has 48 heavy (non-hydrogen) atoms. The molecule has 258 valence electrons. The molecule has 2 atom stereocenters. The predicted octanol–water partition coefficient (Wildman–Crippen LogP) is 5.10. The Balaban J connectivity index is 1.27. The number of ether oxygens (including phenoxy) is 2. The van der Waals surface area contributed by atoms with E-state index in [1.54, 1.807) is 27.3 Å². The van der Waals surface area contributed by atoms with Gasteiger partial charge in [0.15, 0.2) is 0 Å². The van der Waals surface area contributed by atoms with Crippen LogP contribution in [0.5, 0.6) is 0 Å². The number of rotatable bonds is 5. The average molecular weight is 703 g/mol. The summed E-state index contributed by atoms with van der Waals surface area (Å²) in [5.41, 5.74) is 0.271. The lowest BCUT2D eigenvalue weighted by Gasteiger charge is -2.44. The number of piperazine rings is 2. The molecule has 0 spiro atoms. The molecule has 0 bridgehead atoms. The Bertz CT molecular complexity index is 1790. The second-order valence-corrected chi connectivity index (χ2v) is 15.6. The summed E-state index contributed by atoms with van der Waals surface area (Å²) in [6, 6.07) is 5.36. The molecule has 10 nitrogen and oxygen atoms in total. The Morgan fingerprint density at radius 3 is 2.50 bits per heavy atom. The molecule has 1 amide bonds. The number of aromatic nitrogens is 2. The van der Waals surface area contributed by atoms with E-state index in [4.69, 9.17) is 21.1 Å². The van der Waals surface area contributed by atoms with Crippen molar-refractivity contribution in [1.29, 1.82) is 0 Å². The highest BCUT2D eigenvalue weighted by Crippen LogP contribution is 2.48. The van der Waals surface area contributed by atoms with Crippen LogP contribution in [-0.4, -0.2) is 119 Å². The zero-order valence-electron chi connectivity index (χ0n) is 27.7. The molecule has 2 aromatic carbocycles. The first-order chi connectivity index (χ1) is 22.9. The van der Waals surface area contributed by atoms with Crippen molar-refractivity contribution in [2.24, 2.45) is 0 Å². The van der Waals surface area contributed by atoms with Crippen LogP contribution in [0.25, 0.3) is 22.0 Å². The van der Waals surface area contributed by atoms with E-state index < -0.39 is 17.2 Å². The second kappa shape index (κ2) is 13.1. The van der Waals surface area contributed by atoms with Crippen LogP contribution in [-0.2, 0) is 9.47 Å². The van der Waals surface area contributed by atoms with Crippen LogP contribution in [0.2, 0.25) is 5.02 Å². The molecule has 0 radical (unpaired) electrons. The highest BCUT2D eigenvalue weighted by Gasteiger charge is 2.36. The molecule has 14 heteroatoms. The van der Waals surface area contributed by atoms with Gasteiger partial charge in [0.05, 0.1) is 35.8 Å². The molecule has 5 heterocycles. The van der Waals surface area contributed by atoms with Crippen LogP contribution in [0.1, 0.15) is 33.7 Å². The van der Waals surface area contributed by atoms with Crippen LogP contribution in [0.4, 0.5) is 19.4 Å². The van der Waals surface area contributed by atoms with Crippen molar-refractivity contribution >= 4 is 46.2 Å². The predicted molar refractivity (Wildman–Crippen MR) is 183 cm³/mol. The molecule has 4 aliphatic rings. The number of carbonyl (C=O) groups is 1. The van der Waals surface area contributed by atoms with Crippen LogP contribution in [0.3, 0.4) is 0 Å². The van der Waals surface area contributed by atoms with E-state index >= 15 is 4.39 Å². The number of amides is 1. The summed E-state index contributed by atoms with van der Waals surface area (Å²) in [5, 5.41) is 0.976. The van der Waals surface area contributed by atoms with Gasteiger partial charge in [-0.05, 0) is 45.9 Å². The third-order valence-corrected chi connectivity index (χ3v) is 11.2. The fraction of sp³-hybridized carbons (Fsp3) is 0.559. The molecule has 0 N–H and O–H groups in total. The molecule has 0 unspecified atom stereocenters. The first-order valence-electron chi connectivity index (χ1n) is 16.5. The normalized spacial score (nSPS) is 22.6. The fourth-order valence-electron chi connectivity index (χ4n) is 7.16. The molecule has 0 aliphatic carbocycles. The molecular weight excluding hydrogens is 662 g/mol. The second-order valence-electron chi connectivity index (χ2n) is 14.1. The van der Waals surface area contributed by atoms with Gasteiger partial charge in [-0.2, -0.15) is 4.98 Å². The van der Waals surface area contributed by atoms with Crippen LogP contribution in [0.15, 0.2) is 34.0 Å². The lowest BCUT2D eigenvalue weighted by atomic mass is 10.0. The first kappa shape index (κ1) is 33.5. The number of anilines is 1. The van der Waals surface area contributed by atoms with Crippen molar-refractivity contribution in [2.75, 3.05) is 76.2 Å². The molecule has 3 saturated heterocycles. The summed E-state index contributed by atoms with van der Waals surface area (Å²) < 4.78 is 42.0. The van der Waals surface area contributed by atoms with Crippen molar-refractivity contribution in [1.82, 2.24) is 24.3 Å². The standard InChI is InChI=1S/C34H41ClF2N6O4S/c1-20-15-41(33(45)47-34(2,3)4)11-12-42(20)31-25-14-26(35)28(24-6-5-21(36)13-27(24)37)30-29(25)43(32(44)38-31)22(19-48-30)16-39-7-9-40(10-8-39)23-17-46-18-23/h5-6,13-14,20,22-23H,7-12,15-19H2,1-4H3/t20-,22-/m0/s1. The smallest absolute Gasteiger partial charge is 0.410 e. The van der Waals surface area contributed by atoms with Crippen LogP contribution < -0.4 is 10.6 Å². The average Bonchev–Trinajstić information content (AvgIpc) is 2.99. The number of benzene rings is 2. The topological polar surface area (TPSA) is 83.4 Å².